The van der Waals surface area contributed by atoms with E-state index in [4.69, 9.17) is 10.5 Å². The maximum absolute atomic E-state index is 12.4. The fourth-order valence-electron chi connectivity index (χ4n) is 2.18. The molecule has 0 saturated heterocycles. The van der Waals surface area contributed by atoms with Crippen LogP contribution >= 0.6 is 23.1 Å². The van der Waals surface area contributed by atoms with Gasteiger partial charge in [0.2, 0.25) is 0 Å². The molecule has 0 fully saturated rings. The van der Waals surface area contributed by atoms with Gasteiger partial charge in [-0.3, -0.25) is 9.79 Å². The number of aromatic amines is 1. The molecule has 2 aromatic heterocycles. The predicted octanol–water partition coefficient (Wildman–Crippen LogP) is 2.82. The Morgan fingerprint density at radius 1 is 1.44 bits per heavy atom. The van der Waals surface area contributed by atoms with Crippen molar-refractivity contribution in [2.24, 2.45) is 10.7 Å². The summed E-state index contributed by atoms with van der Waals surface area (Å²) in [5.74, 6) is 0.497. The molecule has 9 heteroatoms. The third-order valence-electron chi connectivity index (χ3n) is 3.45. The van der Waals surface area contributed by atoms with Crippen LogP contribution in [0.15, 0.2) is 9.79 Å². The summed E-state index contributed by atoms with van der Waals surface area (Å²) in [5.41, 5.74) is 6.19. The Balaban J connectivity index is 2.22. The van der Waals surface area contributed by atoms with Gasteiger partial charge in [0.15, 0.2) is 5.17 Å². The summed E-state index contributed by atoms with van der Waals surface area (Å²) in [6.45, 7) is 6.55. The Kier molecular flexibility index (Phi) is 7.01. The van der Waals surface area contributed by atoms with Crippen molar-refractivity contribution in [3.05, 3.63) is 26.6 Å². The molecule has 2 aromatic rings. The van der Waals surface area contributed by atoms with Gasteiger partial charge < -0.3 is 15.5 Å². The summed E-state index contributed by atoms with van der Waals surface area (Å²) in [4.78, 5) is 36.7. The molecule has 0 aliphatic heterocycles. The van der Waals surface area contributed by atoms with E-state index in [1.807, 2.05) is 0 Å². The van der Waals surface area contributed by atoms with Gasteiger partial charge in [0.1, 0.15) is 15.5 Å². The maximum Gasteiger partial charge on any atom is 0.348 e. The number of aromatic nitrogens is 2. The normalized spacial score (nSPS) is 11.9. The Labute approximate surface area is 154 Å². The minimum Gasteiger partial charge on any atom is -0.462 e. The fraction of sp³-hybridized carbons (Fsp3) is 0.500. The van der Waals surface area contributed by atoms with Crippen molar-refractivity contribution in [1.82, 2.24) is 9.97 Å². The second-order valence-electron chi connectivity index (χ2n) is 5.33. The van der Waals surface area contributed by atoms with E-state index in [0.717, 1.165) is 12.8 Å². The number of fused-ring (bicyclic) bond motifs is 1. The number of rotatable bonds is 7. The van der Waals surface area contributed by atoms with Crippen molar-refractivity contribution in [3.63, 3.8) is 0 Å². The number of esters is 1. The molecule has 0 atom stereocenters. The number of amidine groups is 1. The molecule has 0 saturated carbocycles. The zero-order chi connectivity index (χ0) is 18.4. The van der Waals surface area contributed by atoms with Crippen LogP contribution in [0, 0.1) is 6.92 Å². The van der Waals surface area contributed by atoms with E-state index in [-0.39, 0.29) is 12.2 Å². The molecular formula is C16H22N4O3S2. The number of nitrogens with one attached hydrogen (secondary N) is 1. The van der Waals surface area contributed by atoms with Gasteiger partial charge in [-0.2, -0.15) is 0 Å². The smallest absolute Gasteiger partial charge is 0.348 e. The number of carbonyl (C=O) groups excluding carboxylic acids is 1. The van der Waals surface area contributed by atoms with Crippen molar-refractivity contribution >= 4 is 44.5 Å². The standard InChI is InChI=1S/C16H22N4O3S2/c1-4-6-7-18-16(17)24-8-10-19-13(21)11-9(3)12(15(22)23-5-2)25-14(11)20-10/h4-8H2,1-3H3,(H2,17,18)(H,19,20,21). The lowest BCUT2D eigenvalue weighted by atomic mass is 10.2. The number of carbonyl (C=O) groups is 1. The van der Waals surface area contributed by atoms with Crippen molar-refractivity contribution in [2.45, 2.75) is 39.4 Å². The van der Waals surface area contributed by atoms with Gasteiger partial charge in [0, 0.05) is 6.54 Å². The first-order valence-corrected chi connectivity index (χ1v) is 9.90. The molecule has 0 aliphatic rings. The highest BCUT2D eigenvalue weighted by Gasteiger charge is 2.20. The molecule has 0 unspecified atom stereocenters. The summed E-state index contributed by atoms with van der Waals surface area (Å²) in [6, 6.07) is 0. The monoisotopic (exact) mass is 382 g/mol. The molecule has 2 rings (SSSR count). The minimum atomic E-state index is -0.425. The molecule has 0 bridgehead atoms. The first kappa shape index (κ1) is 19.5. The van der Waals surface area contributed by atoms with Gasteiger partial charge in [-0.25, -0.2) is 9.78 Å². The van der Waals surface area contributed by atoms with Gasteiger partial charge in [-0.05, 0) is 25.8 Å². The molecular weight excluding hydrogens is 360 g/mol. The second kappa shape index (κ2) is 9.00. The number of thiophene rings is 1. The third kappa shape index (κ3) is 4.82. The van der Waals surface area contributed by atoms with E-state index < -0.39 is 5.97 Å². The number of nitrogens with zero attached hydrogens (tertiary/aromatic N) is 2. The number of hydrogen-bond acceptors (Lipinski definition) is 7. The summed E-state index contributed by atoms with van der Waals surface area (Å²) in [7, 11) is 0. The highest BCUT2D eigenvalue weighted by atomic mass is 32.2. The lowest BCUT2D eigenvalue weighted by molar-refractivity contribution is 0.0531. The number of ether oxygens (including phenoxy) is 1. The van der Waals surface area contributed by atoms with Crippen molar-refractivity contribution in [1.29, 1.82) is 0 Å². The van der Waals surface area contributed by atoms with Crippen LogP contribution in [0.4, 0.5) is 0 Å². The minimum absolute atomic E-state index is 0.258. The SMILES string of the molecule is CCCCN=C(N)SCc1nc2sc(C(=O)OCC)c(C)c2c(=O)[nH]1. The predicted molar refractivity (Wildman–Crippen MR) is 104 cm³/mol. The van der Waals surface area contributed by atoms with Crippen LogP contribution in [0.1, 0.15) is 47.7 Å². The first-order valence-electron chi connectivity index (χ1n) is 8.10. The van der Waals surface area contributed by atoms with Crippen LogP contribution < -0.4 is 11.3 Å². The molecule has 0 amide bonds. The molecule has 0 radical (unpaired) electrons. The van der Waals surface area contributed by atoms with E-state index in [1.54, 1.807) is 13.8 Å². The Morgan fingerprint density at radius 3 is 2.88 bits per heavy atom. The molecule has 136 valence electrons. The highest BCUT2D eigenvalue weighted by Crippen LogP contribution is 2.28. The number of aryl methyl sites for hydroxylation is 1. The van der Waals surface area contributed by atoms with Gasteiger partial charge in [0.25, 0.3) is 5.56 Å². The zero-order valence-corrected chi connectivity index (χ0v) is 16.2. The quantitative estimate of drug-likeness (QED) is 0.330. The Hall–Kier alpha value is -1.87. The zero-order valence-electron chi connectivity index (χ0n) is 14.5. The number of aliphatic imine (C=N–C) groups is 1. The van der Waals surface area contributed by atoms with Gasteiger partial charge in [-0.15, -0.1) is 11.3 Å². The molecule has 7 nitrogen and oxygen atoms in total. The lowest BCUT2D eigenvalue weighted by Gasteiger charge is -2.01. The average molecular weight is 383 g/mol. The fourth-order valence-corrected chi connectivity index (χ4v) is 3.88. The number of thioether (sulfide) groups is 1. The summed E-state index contributed by atoms with van der Waals surface area (Å²) in [5, 5.41) is 0.914. The van der Waals surface area contributed by atoms with Crippen molar-refractivity contribution in [3.8, 4) is 0 Å². The Bertz CT molecular complexity index is 842. The molecule has 2 heterocycles. The van der Waals surface area contributed by atoms with Crippen LogP contribution in [0.5, 0.6) is 0 Å². The molecule has 0 aromatic carbocycles. The third-order valence-corrected chi connectivity index (χ3v) is 5.45. The van der Waals surface area contributed by atoms with Gasteiger partial charge >= 0.3 is 5.97 Å². The largest absolute Gasteiger partial charge is 0.462 e. The van der Waals surface area contributed by atoms with Crippen molar-refractivity contribution in [2.75, 3.05) is 13.2 Å². The van der Waals surface area contributed by atoms with Gasteiger partial charge in [-0.1, -0.05) is 25.1 Å². The average Bonchev–Trinajstić information content (AvgIpc) is 2.91. The van der Waals surface area contributed by atoms with Crippen molar-refractivity contribution < 1.29 is 9.53 Å². The van der Waals surface area contributed by atoms with Crippen LogP contribution in [-0.2, 0) is 10.5 Å². The topological polar surface area (TPSA) is 110 Å². The van der Waals surface area contributed by atoms with Crippen LogP contribution in [0.3, 0.4) is 0 Å². The van der Waals surface area contributed by atoms with E-state index in [9.17, 15) is 9.59 Å². The first-order chi connectivity index (χ1) is 12.0. The van der Waals surface area contributed by atoms with E-state index in [2.05, 4.69) is 21.9 Å². The maximum atomic E-state index is 12.4. The number of H-pyrrole nitrogens is 1. The van der Waals surface area contributed by atoms with E-state index >= 15 is 0 Å². The number of hydrogen-bond donors (Lipinski definition) is 2. The lowest BCUT2D eigenvalue weighted by Crippen LogP contribution is -2.13. The van der Waals surface area contributed by atoms with Crippen LogP contribution in [0.25, 0.3) is 10.2 Å². The van der Waals surface area contributed by atoms with E-state index in [0.29, 0.717) is 43.9 Å². The highest BCUT2D eigenvalue weighted by molar-refractivity contribution is 8.13. The Morgan fingerprint density at radius 2 is 2.20 bits per heavy atom. The summed E-state index contributed by atoms with van der Waals surface area (Å²) in [6.07, 6.45) is 2.06. The van der Waals surface area contributed by atoms with Crippen LogP contribution in [-0.4, -0.2) is 34.3 Å². The van der Waals surface area contributed by atoms with E-state index in [1.165, 1.54) is 23.1 Å². The molecule has 0 spiro atoms. The second-order valence-corrected chi connectivity index (χ2v) is 7.33. The summed E-state index contributed by atoms with van der Waals surface area (Å²) >= 11 is 2.51. The molecule has 3 N–H and O–H groups in total. The summed E-state index contributed by atoms with van der Waals surface area (Å²) < 4.78 is 5.03. The molecule has 25 heavy (non-hydrogen) atoms. The number of nitrogens with two attached hydrogens (primary N) is 1. The number of unbranched alkanes of at least 4 members (excludes halogenated alkanes) is 1. The van der Waals surface area contributed by atoms with Gasteiger partial charge in [0.05, 0.1) is 17.7 Å². The molecule has 0 aliphatic carbocycles. The van der Waals surface area contributed by atoms with Crippen LogP contribution in [0.2, 0.25) is 0 Å².